The number of rotatable bonds is 9. The second-order valence-electron chi connectivity index (χ2n) is 6.99. The van der Waals surface area contributed by atoms with Gasteiger partial charge in [0.15, 0.2) is 0 Å². The van der Waals surface area contributed by atoms with Gasteiger partial charge >= 0.3 is 0 Å². The molecule has 1 N–H and O–H groups in total. The van der Waals surface area contributed by atoms with Crippen LogP contribution in [0.2, 0.25) is 0 Å². The largest absolute Gasteiger partial charge is 0.494 e. The average molecular weight is 577 g/mol. The Hall–Kier alpha value is -2.92. The summed E-state index contributed by atoms with van der Waals surface area (Å²) in [5.41, 5.74) is 4.32. The zero-order valence-corrected chi connectivity index (χ0v) is 21.2. The molecule has 0 fully saturated rings. The van der Waals surface area contributed by atoms with E-state index in [2.05, 4.69) is 33.1 Å². The highest BCUT2D eigenvalue weighted by Crippen LogP contribution is 2.25. The van der Waals surface area contributed by atoms with Gasteiger partial charge in [0.2, 0.25) is 0 Å². The lowest BCUT2D eigenvalue weighted by Crippen LogP contribution is -2.39. The van der Waals surface area contributed by atoms with E-state index >= 15 is 0 Å². The number of sulfonamides is 1. The summed E-state index contributed by atoms with van der Waals surface area (Å²) < 4.78 is 34.3. The highest BCUT2D eigenvalue weighted by Gasteiger charge is 2.27. The van der Waals surface area contributed by atoms with E-state index in [9.17, 15) is 13.2 Å². The molecule has 0 aromatic heterocycles. The smallest absolute Gasteiger partial charge is 0.264 e. The molecule has 33 heavy (non-hydrogen) atoms. The molecular formula is C24H24IN3O4S. The van der Waals surface area contributed by atoms with Crippen molar-refractivity contribution in [3.63, 3.8) is 0 Å². The molecule has 0 aliphatic carbocycles. The molecule has 0 unspecified atom stereocenters. The lowest BCUT2D eigenvalue weighted by atomic mass is 10.1. The fraction of sp³-hybridized carbons (Fsp3) is 0.167. The summed E-state index contributed by atoms with van der Waals surface area (Å²) in [6.45, 7) is 3.67. The number of carbonyl (C=O) groups is 1. The van der Waals surface area contributed by atoms with Crippen LogP contribution in [0.4, 0.5) is 5.69 Å². The Labute approximate surface area is 207 Å². The van der Waals surface area contributed by atoms with Crippen LogP contribution in [0.5, 0.6) is 5.75 Å². The minimum Gasteiger partial charge on any atom is -0.494 e. The number of anilines is 1. The predicted molar refractivity (Wildman–Crippen MR) is 138 cm³/mol. The highest BCUT2D eigenvalue weighted by atomic mass is 127. The number of amides is 1. The van der Waals surface area contributed by atoms with E-state index in [0.29, 0.717) is 23.8 Å². The van der Waals surface area contributed by atoms with E-state index in [1.807, 2.05) is 31.2 Å². The first-order valence-corrected chi connectivity index (χ1v) is 12.7. The Kier molecular flexibility index (Phi) is 8.45. The Bertz CT molecular complexity index is 1230. The molecule has 0 atom stereocenters. The number of halogens is 1. The molecule has 7 nitrogen and oxygen atoms in total. The fourth-order valence-electron chi connectivity index (χ4n) is 3.00. The van der Waals surface area contributed by atoms with Crippen LogP contribution < -0.4 is 14.5 Å². The fourth-order valence-corrected chi connectivity index (χ4v) is 4.97. The number of hydrogen-bond acceptors (Lipinski definition) is 5. The van der Waals surface area contributed by atoms with E-state index < -0.39 is 22.5 Å². The Balaban J connectivity index is 1.84. The first-order chi connectivity index (χ1) is 15.8. The van der Waals surface area contributed by atoms with Crippen LogP contribution in [0.25, 0.3) is 0 Å². The molecule has 3 rings (SSSR count). The van der Waals surface area contributed by atoms with Crippen LogP contribution >= 0.6 is 22.6 Å². The van der Waals surface area contributed by atoms with Crippen molar-refractivity contribution in [2.45, 2.75) is 18.7 Å². The van der Waals surface area contributed by atoms with Crippen LogP contribution in [0.1, 0.15) is 19.4 Å². The summed E-state index contributed by atoms with van der Waals surface area (Å²) in [5.74, 6) is 0.0131. The van der Waals surface area contributed by atoms with E-state index in [1.54, 1.807) is 49.4 Å². The van der Waals surface area contributed by atoms with Gasteiger partial charge in [-0.1, -0.05) is 30.3 Å². The number of hydrazone groups is 1. The van der Waals surface area contributed by atoms with Gasteiger partial charge in [0.05, 0.1) is 22.9 Å². The molecule has 3 aromatic rings. The van der Waals surface area contributed by atoms with Crippen molar-refractivity contribution < 1.29 is 17.9 Å². The SMILES string of the molecule is CCOc1ccc(S(=O)(=O)N(CC(=O)N/N=C(/C)c2cccc(I)c2)c2ccccc2)cc1. The van der Waals surface area contributed by atoms with Crippen molar-refractivity contribution in [2.75, 3.05) is 17.5 Å². The minimum absolute atomic E-state index is 0.0566. The van der Waals surface area contributed by atoms with Gasteiger partial charge in [0, 0.05) is 3.57 Å². The van der Waals surface area contributed by atoms with Crippen molar-refractivity contribution in [3.05, 3.63) is 88.0 Å². The van der Waals surface area contributed by atoms with Crippen LogP contribution in [-0.4, -0.2) is 33.2 Å². The number of para-hydroxylation sites is 1. The third-order valence-corrected chi connectivity index (χ3v) is 7.10. The van der Waals surface area contributed by atoms with Gasteiger partial charge < -0.3 is 4.74 Å². The van der Waals surface area contributed by atoms with Crippen molar-refractivity contribution >= 4 is 49.9 Å². The quantitative estimate of drug-likeness (QED) is 0.232. The van der Waals surface area contributed by atoms with Gasteiger partial charge in [-0.25, -0.2) is 13.8 Å². The van der Waals surface area contributed by atoms with Crippen LogP contribution in [-0.2, 0) is 14.8 Å². The Morgan fingerprint density at radius 1 is 1.03 bits per heavy atom. The monoisotopic (exact) mass is 577 g/mol. The van der Waals surface area contributed by atoms with Gasteiger partial charge in [-0.3, -0.25) is 9.10 Å². The van der Waals surface area contributed by atoms with Crippen molar-refractivity contribution in [1.29, 1.82) is 0 Å². The molecule has 0 radical (unpaired) electrons. The van der Waals surface area contributed by atoms with E-state index in [-0.39, 0.29) is 4.90 Å². The number of hydrogen-bond donors (Lipinski definition) is 1. The second kappa shape index (κ2) is 11.3. The highest BCUT2D eigenvalue weighted by molar-refractivity contribution is 14.1. The van der Waals surface area contributed by atoms with Gasteiger partial charge in [0.1, 0.15) is 12.3 Å². The molecule has 0 heterocycles. The standard InChI is InChI=1S/C24H24IN3O4S/c1-3-32-22-12-14-23(15-13-22)33(30,31)28(21-10-5-4-6-11-21)17-24(29)27-26-18(2)19-8-7-9-20(25)16-19/h4-16H,3,17H2,1-2H3,(H,27,29)/b26-18-. The van der Waals surface area contributed by atoms with E-state index in [4.69, 9.17) is 4.74 Å². The molecule has 0 aliphatic heterocycles. The molecule has 0 saturated heterocycles. The zero-order chi connectivity index (χ0) is 23.8. The van der Waals surface area contributed by atoms with Crippen molar-refractivity contribution in [1.82, 2.24) is 5.43 Å². The first kappa shape index (κ1) is 24.7. The normalized spacial score (nSPS) is 11.7. The maximum Gasteiger partial charge on any atom is 0.264 e. The van der Waals surface area contributed by atoms with Gasteiger partial charge in [0.25, 0.3) is 15.9 Å². The predicted octanol–water partition coefficient (Wildman–Crippen LogP) is 4.43. The minimum atomic E-state index is -4.01. The first-order valence-electron chi connectivity index (χ1n) is 10.2. The Morgan fingerprint density at radius 3 is 2.36 bits per heavy atom. The van der Waals surface area contributed by atoms with Crippen molar-refractivity contribution in [3.8, 4) is 5.75 Å². The third kappa shape index (κ3) is 6.55. The van der Waals surface area contributed by atoms with E-state index in [1.165, 1.54) is 12.1 Å². The lowest BCUT2D eigenvalue weighted by molar-refractivity contribution is -0.119. The summed E-state index contributed by atoms with van der Waals surface area (Å²) in [7, 11) is -4.01. The summed E-state index contributed by atoms with van der Waals surface area (Å²) >= 11 is 2.20. The summed E-state index contributed by atoms with van der Waals surface area (Å²) in [4.78, 5) is 12.8. The topological polar surface area (TPSA) is 88.1 Å². The molecule has 0 aliphatic rings. The number of benzene rings is 3. The van der Waals surface area contributed by atoms with Crippen molar-refractivity contribution in [2.24, 2.45) is 5.10 Å². The molecule has 0 bridgehead atoms. The maximum absolute atomic E-state index is 13.4. The van der Waals surface area contributed by atoms with Crippen LogP contribution in [0, 0.1) is 3.57 Å². The van der Waals surface area contributed by atoms with Crippen LogP contribution in [0.15, 0.2) is 88.9 Å². The van der Waals surface area contributed by atoms with E-state index in [0.717, 1.165) is 13.4 Å². The van der Waals surface area contributed by atoms with Gasteiger partial charge in [-0.05, 0) is 90.5 Å². The molecular weight excluding hydrogens is 553 g/mol. The van der Waals surface area contributed by atoms with Gasteiger partial charge in [-0.2, -0.15) is 5.10 Å². The molecule has 1 amide bonds. The third-order valence-electron chi connectivity index (χ3n) is 4.64. The summed E-state index contributed by atoms with van der Waals surface area (Å²) in [6, 6.07) is 22.3. The number of nitrogens with zero attached hydrogens (tertiary/aromatic N) is 2. The zero-order valence-electron chi connectivity index (χ0n) is 18.2. The molecule has 172 valence electrons. The average Bonchev–Trinajstić information content (AvgIpc) is 2.82. The summed E-state index contributed by atoms with van der Waals surface area (Å²) in [6.07, 6.45) is 0. The maximum atomic E-state index is 13.4. The number of ether oxygens (including phenoxy) is 1. The van der Waals surface area contributed by atoms with Gasteiger partial charge in [-0.15, -0.1) is 0 Å². The summed E-state index contributed by atoms with van der Waals surface area (Å²) in [5, 5.41) is 4.14. The molecule has 9 heteroatoms. The molecule has 0 spiro atoms. The molecule has 0 saturated carbocycles. The second-order valence-corrected chi connectivity index (χ2v) is 10.1. The number of carbonyl (C=O) groups excluding carboxylic acids is 1. The number of nitrogens with one attached hydrogen (secondary N) is 1. The lowest BCUT2D eigenvalue weighted by Gasteiger charge is -2.23. The molecule has 3 aromatic carbocycles. The Morgan fingerprint density at radius 2 is 1.73 bits per heavy atom. The van der Waals surface area contributed by atoms with Crippen LogP contribution in [0.3, 0.4) is 0 Å².